The summed E-state index contributed by atoms with van der Waals surface area (Å²) in [6, 6.07) is 2.14. The Kier molecular flexibility index (Phi) is 64.3. The first-order valence-electron chi connectivity index (χ1n) is 25.0. The highest BCUT2D eigenvalue weighted by Gasteiger charge is 2.41. The van der Waals surface area contributed by atoms with Crippen molar-refractivity contribution in [1.29, 1.82) is 5.26 Å². The van der Waals surface area contributed by atoms with Crippen molar-refractivity contribution in [2.75, 3.05) is 204 Å². The van der Waals surface area contributed by atoms with E-state index in [0.29, 0.717) is 19.0 Å². The van der Waals surface area contributed by atoms with Gasteiger partial charge in [0.2, 0.25) is 0 Å². The Morgan fingerprint density at radius 2 is 0.812 bits per heavy atom. The number of nitriles is 1. The molecule has 10 aliphatic rings. The molecule has 0 aromatic heterocycles. The fourth-order valence-corrected chi connectivity index (χ4v) is 6.68. The molecule has 0 aliphatic carbocycles. The highest BCUT2D eigenvalue weighted by Crippen LogP contribution is 2.24. The molecule has 422 valence electrons. The summed E-state index contributed by atoms with van der Waals surface area (Å²) in [4.78, 5) is 11.3. The third kappa shape index (κ3) is 50.1. The van der Waals surface area contributed by atoms with Crippen molar-refractivity contribution in [2.45, 2.75) is 129 Å². The van der Waals surface area contributed by atoms with Crippen molar-refractivity contribution in [3.63, 3.8) is 0 Å². The van der Waals surface area contributed by atoms with Crippen LogP contribution in [0.25, 0.3) is 0 Å². The number of likely N-dealkylation sites (tertiary alicyclic amines) is 2. The van der Waals surface area contributed by atoms with Gasteiger partial charge in [0, 0.05) is 78.5 Å². The summed E-state index contributed by atoms with van der Waals surface area (Å²) in [5, 5.41) is 26.6. The van der Waals surface area contributed by atoms with Gasteiger partial charge in [-0.25, -0.2) is 13.2 Å². The molecule has 69 heavy (non-hydrogen) atoms. The molecule has 17 heteroatoms. The Morgan fingerprint density at radius 1 is 0.464 bits per heavy atom. The molecule has 10 fully saturated rings. The highest BCUT2D eigenvalue weighted by atomic mass is 19.3. The zero-order chi connectivity index (χ0) is 46.1. The number of rotatable bonds is 3. The van der Waals surface area contributed by atoms with Gasteiger partial charge in [0.15, 0.2) is 0 Å². The van der Waals surface area contributed by atoms with Crippen LogP contribution in [0.15, 0.2) is 0 Å². The summed E-state index contributed by atoms with van der Waals surface area (Å²) in [5.41, 5.74) is 0. The molecule has 0 bridgehead atoms. The zero-order valence-electron chi connectivity index (χ0n) is 41.0. The van der Waals surface area contributed by atoms with E-state index in [-0.39, 0.29) is 57.6 Å². The minimum absolute atomic E-state index is 0. The average Bonchev–Trinajstić information content (AvgIpc) is 4.04. The molecule has 0 saturated carbocycles. The number of hydrogen-bond donors (Lipinski definition) is 6. The molecule has 0 unspecified atom stereocenters. The smallest absolute Gasteiger partial charge is 0.272 e. The first kappa shape index (κ1) is 79.2. The first-order chi connectivity index (χ1) is 30.6. The summed E-state index contributed by atoms with van der Waals surface area (Å²) in [5.74, 6) is -2.07. The Morgan fingerprint density at radius 3 is 0.986 bits per heavy atom. The van der Waals surface area contributed by atoms with Gasteiger partial charge < -0.3 is 56.1 Å². The summed E-state index contributed by atoms with van der Waals surface area (Å²) in [7, 11) is 3.87. The van der Waals surface area contributed by atoms with Crippen LogP contribution in [0.4, 0.5) is 13.2 Å². The molecule has 10 saturated heterocycles. The van der Waals surface area contributed by atoms with Gasteiger partial charge in [0.25, 0.3) is 5.92 Å². The van der Waals surface area contributed by atoms with Crippen molar-refractivity contribution < 1.29 is 22.6 Å². The summed E-state index contributed by atoms with van der Waals surface area (Å²) in [6.07, 6.45) is 10.7. The second kappa shape index (κ2) is 56.1. The van der Waals surface area contributed by atoms with Crippen LogP contribution in [-0.2, 0) is 9.47 Å². The number of morpholine rings is 2. The number of nitrogens with one attached hydrogen (secondary N) is 6. The number of nitrogens with zero attached hydrogens (tertiary/aromatic N) is 6. The van der Waals surface area contributed by atoms with Gasteiger partial charge in [-0.15, -0.1) is 0 Å². The maximum Gasteiger partial charge on any atom is 0.272 e. The van der Waals surface area contributed by atoms with Crippen molar-refractivity contribution in [3.8, 4) is 6.07 Å². The maximum absolute atomic E-state index is 11.7. The van der Waals surface area contributed by atoms with Crippen LogP contribution in [0.2, 0.25) is 0 Å². The van der Waals surface area contributed by atoms with E-state index in [4.69, 9.17) is 14.7 Å². The van der Waals surface area contributed by atoms with Crippen LogP contribution in [0, 0.1) is 17.2 Å². The van der Waals surface area contributed by atoms with E-state index in [1.165, 1.54) is 150 Å². The lowest BCUT2D eigenvalue weighted by molar-refractivity contribution is -0.119. The van der Waals surface area contributed by atoms with E-state index in [0.717, 1.165) is 65.7 Å². The van der Waals surface area contributed by atoms with Gasteiger partial charge in [-0.2, -0.15) is 5.26 Å². The molecule has 0 aromatic rings. The molecule has 10 heterocycles. The molecule has 10 rings (SSSR count). The molecule has 10 aliphatic heterocycles. The average molecular weight is 1000 g/mol. The van der Waals surface area contributed by atoms with Crippen LogP contribution >= 0.6 is 0 Å². The molecule has 6 N–H and O–H groups in total. The number of halogens is 3. The maximum atomic E-state index is 11.7. The molecule has 0 amide bonds. The molecule has 0 radical (unpaired) electrons. The van der Waals surface area contributed by atoms with E-state index in [9.17, 15) is 13.2 Å². The molecule has 14 nitrogen and oxygen atoms in total. The van der Waals surface area contributed by atoms with E-state index in [1.807, 2.05) is 0 Å². The lowest BCUT2D eigenvalue weighted by Crippen LogP contribution is -2.53. The second-order valence-corrected chi connectivity index (χ2v) is 17.4. The minimum atomic E-state index is -2.38. The lowest BCUT2D eigenvalue weighted by atomic mass is 10.1. The largest absolute Gasteiger partial charge is 0.379 e. The quantitative estimate of drug-likeness (QED) is 0.185. The minimum Gasteiger partial charge on any atom is -0.379 e. The highest BCUT2D eigenvalue weighted by molar-refractivity contribution is 4.92. The van der Waals surface area contributed by atoms with Crippen LogP contribution < -0.4 is 31.9 Å². The van der Waals surface area contributed by atoms with Gasteiger partial charge in [0.05, 0.1) is 51.5 Å². The van der Waals surface area contributed by atoms with Crippen LogP contribution in [0.1, 0.15) is 117 Å². The Hall–Kier alpha value is -1.24. The standard InChI is InChI=1S/C7H16N2.C6H13NO.C6H13N.C5H11N.C4H7F2N.C4H6N2.C4H9NO.C4H9N.C3H6FN.C3H7N.6CH4/c1-3-9-6-4-8(2)5-7-9;1-2-7-3-5-8-6-4-7;1-2-7-5-3-4-6-7;1-2-4-6-5-3-1;1-7-2-4(5,6)3-7;5-1-4-2-6-3-4;1-3-6-4-2-5-1;1-2-4-5-3-1;4-3-1-5-2-3;1-2-4-3-1;;;;;;/h3-7H2,1-2H3;2-6H2,1H3;2-6H2,1H3;6H,1-5H2;2-3H2,1H3;4,6H,2-3H2;5H,1-4H2;5H,1-4H2;3,5H,1-2H2;4H,1-3H2;6*1H4. The van der Waals surface area contributed by atoms with Gasteiger partial charge in [-0.3, -0.25) is 9.80 Å². The topological polar surface area (TPSA) is 131 Å². The normalized spacial score (nSPS) is 22.4. The number of ether oxygens (including phenoxy) is 2. The van der Waals surface area contributed by atoms with E-state index in [1.54, 1.807) is 11.9 Å². The van der Waals surface area contributed by atoms with E-state index >= 15 is 0 Å². The fourth-order valence-electron chi connectivity index (χ4n) is 6.68. The number of alkyl halides is 3. The number of likely N-dealkylation sites (N-methyl/N-ethyl adjacent to an activating group) is 3. The van der Waals surface area contributed by atoms with Crippen molar-refractivity contribution in [1.82, 2.24) is 56.4 Å². The second-order valence-electron chi connectivity index (χ2n) is 17.4. The molecule has 0 spiro atoms. The molecular formula is C52H121F3N12O2. The van der Waals surface area contributed by atoms with Crippen LogP contribution in [0.5, 0.6) is 0 Å². The van der Waals surface area contributed by atoms with Crippen molar-refractivity contribution in [2.24, 2.45) is 5.92 Å². The van der Waals surface area contributed by atoms with Crippen molar-refractivity contribution in [3.05, 3.63) is 0 Å². The number of piperidine rings is 1. The predicted octanol–water partition coefficient (Wildman–Crippen LogP) is 6.45. The third-order valence-corrected chi connectivity index (χ3v) is 11.7. The summed E-state index contributed by atoms with van der Waals surface area (Å²) >= 11 is 0. The predicted molar refractivity (Wildman–Crippen MR) is 296 cm³/mol. The molecule has 0 atom stereocenters. The molecular weight excluding hydrogens is 882 g/mol. The summed E-state index contributed by atoms with van der Waals surface area (Å²) in [6.45, 7) is 36.2. The Bertz CT molecular complexity index is 944. The van der Waals surface area contributed by atoms with Gasteiger partial charge >= 0.3 is 0 Å². The van der Waals surface area contributed by atoms with Crippen LogP contribution in [-0.4, -0.2) is 241 Å². The van der Waals surface area contributed by atoms with Gasteiger partial charge in [-0.1, -0.05) is 71.8 Å². The van der Waals surface area contributed by atoms with Gasteiger partial charge in [0.1, 0.15) is 6.17 Å². The van der Waals surface area contributed by atoms with E-state index < -0.39 is 12.1 Å². The van der Waals surface area contributed by atoms with Gasteiger partial charge in [-0.05, 0) is 131 Å². The number of piperazine rings is 1. The lowest BCUT2D eigenvalue weighted by Gasteiger charge is -2.35. The van der Waals surface area contributed by atoms with Crippen LogP contribution in [0.3, 0.4) is 0 Å². The fraction of sp³-hybridized carbons (Fsp3) is 0.981. The Labute approximate surface area is 428 Å². The van der Waals surface area contributed by atoms with Crippen molar-refractivity contribution >= 4 is 0 Å². The monoisotopic (exact) mass is 1000 g/mol. The zero-order valence-corrected chi connectivity index (χ0v) is 41.0. The molecule has 0 aromatic carbocycles. The first-order valence-corrected chi connectivity index (χ1v) is 25.0. The van der Waals surface area contributed by atoms with E-state index in [2.05, 4.69) is 85.4 Å². The Balaban J connectivity index is -0.000000159. The summed E-state index contributed by atoms with van der Waals surface area (Å²) < 4.78 is 45.1. The number of hydrogen-bond acceptors (Lipinski definition) is 14. The SMILES string of the molecule is C.C.C.C.C.C.C1CCNC1.C1CCNCC1.C1CNC1.C1COCCN1.CCN1CCCC1.CCN1CCN(C)CC1.CCN1CCOCC1.CN1CC(F)(F)C1.FC1CNC1.N#CC1CNC1. The third-order valence-electron chi connectivity index (χ3n) is 11.7.